The van der Waals surface area contributed by atoms with Crippen molar-refractivity contribution >= 4 is 38.6 Å². The number of fused-ring (bicyclic) bond motifs is 1. The van der Waals surface area contributed by atoms with Gasteiger partial charge in [-0.05, 0) is 52.7 Å². The van der Waals surface area contributed by atoms with E-state index in [0.29, 0.717) is 5.02 Å². The summed E-state index contributed by atoms with van der Waals surface area (Å²) in [6.07, 6.45) is 0. The Kier molecular flexibility index (Phi) is 2.88. The third-order valence-corrected chi connectivity index (χ3v) is 4.12. The number of imidazole rings is 1. The van der Waals surface area contributed by atoms with Crippen molar-refractivity contribution in [1.82, 2.24) is 9.97 Å². The highest BCUT2D eigenvalue weighted by Crippen LogP contribution is 2.29. The summed E-state index contributed by atoms with van der Waals surface area (Å²) in [6, 6.07) is 11.9. The second kappa shape index (κ2) is 4.41. The number of nitrogens with one attached hydrogen (secondary N) is 1. The van der Waals surface area contributed by atoms with Gasteiger partial charge < -0.3 is 4.98 Å². The van der Waals surface area contributed by atoms with Gasteiger partial charge in [0.05, 0.1) is 16.1 Å². The van der Waals surface area contributed by atoms with Crippen LogP contribution >= 0.6 is 27.5 Å². The van der Waals surface area contributed by atoms with Crippen LogP contribution in [0, 0.1) is 6.92 Å². The van der Waals surface area contributed by atoms with Crippen molar-refractivity contribution in [2.75, 3.05) is 0 Å². The normalized spacial score (nSPS) is 11.1. The van der Waals surface area contributed by atoms with Gasteiger partial charge in [0.25, 0.3) is 0 Å². The number of para-hydroxylation sites is 1. The molecule has 0 radical (unpaired) electrons. The van der Waals surface area contributed by atoms with E-state index in [4.69, 9.17) is 11.6 Å². The van der Waals surface area contributed by atoms with Crippen molar-refractivity contribution in [3.8, 4) is 11.4 Å². The first-order chi connectivity index (χ1) is 8.65. The molecule has 0 saturated heterocycles. The Morgan fingerprint density at radius 3 is 2.78 bits per heavy atom. The Morgan fingerprint density at radius 2 is 2.06 bits per heavy atom. The smallest absolute Gasteiger partial charge is 0.138 e. The van der Waals surface area contributed by atoms with Crippen molar-refractivity contribution in [3.63, 3.8) is 0 Å². The van der Waals surface area contributed by atoms with E-state index in [2.05, 4.69) is 38.9 Å². The van der Waals surface area contributed by atoms with E-state index in [-0.39, 0.29) is 0 Å². The molecular formula is C14H10BrClN2. The van der Waals surface area contributed by atoms with Gasteiger partial charge in [0, 0.05) is 10.0 Å². The van der Waals surface area contributed by atoms with E-state index in [9.17, 15) is 0 Å². The summed E-state index contributed by atoms with van der Waals surface area (Å²) in [5.74, 6) is 0.858. The van der Waals surface area contributed by atoms with E-state index in [1.165, 1.54) is 5.56 Å². The number of aryl methyl sites for hydroxylation is 1. The van der Waals surface area contributed by atoms with Gasteiger partial charge in [0.1, 0.15) is 5.82 Å². The Balaban J connectivity index is 2.19. The molecule has 0 amide bonds. The molecule has 0 spiro atoms. The fourth-order valence-electron chi connectivity index (χ4n) is 1.96. The zero-order valence-corrected chi connectivity index (χ0v) is 12.0. The molecule has 3 aromatic rings. The minimum absolute atomic E-state index is 0.700. The maximum atomic E-state index is 5.99. The minimum atomic E-state index is 0.700. The van der Waals surface area contributed by atoms with Crippen molar-refractivity contribution in [2.24, 2.45) is 0 Å². The lowest BCUT2D eigenvalue weighted by molar-refractivity contribution is 1.33. The van der Waals surface area contributed by atoms with Gasteiger partial charge in [-0.15, -0.1) is 0 Å². The van der Waals surface area contributed by atoms with Crippen LogP contribution in [0.2, 0.25) is 5.02 Å². The van der Waals surface area contributed by atoms with Gasteiger partial charge in [-0.3, -0.25) is 0 Å². The van der Waals surface area contributed by atoms with Crippen molar-refractivity contribution < 1.29 is 0 Å². The monoisotopic (exact) mass is 320 g/mol. The molecule has 0 saturated carbocycles. The molecule has 1 aromatic heterocycles. The molecule has 2 aromatic carbocycles. The molecule has 2 nitrogen and oxygen atoms in total. The summed E-state index contributed by atoms with van der Waals surface area (Å²) in [6.45, 7) is 2.06. The molecule has 90 valence electrons. The SMILES string of the molecule is Cc1cccc2[nH]c(-c3ccc(Cl)c(Br)c3)nc12. The van der Waals surface area contributed by atoms with Crippen LogP contribution in [-0.4, -0.2) is 9.97 Å². The van der Waals surface area contributed by atoms with Crippen molar-refractivity contribution in [2.45, 2.75) is 6.92 Å². The van der Waals surface area contributed by atoms with E-state index in [0.717, 1.165) is 26.9 Å². The Morgan fingerprint density at radius 1 is 1.22 bits per heavy atom. The standard InChI is InChI=1S/C14H10BrClN2/c1-8-3-2-4-12-13(8)18-14(17-12)9-5-6-11(16)10(15)7-9/h2-7H,1H3,(H,17,18). The number of halogens is 2. The number of hydrogen-bond acceptors (Lipinski definition) is 1. The Bertz CT molecular complexity index is 734. The molecule has 3 rings (SSSR count). The zero-order chi connectivity index (χ0) is 12.7. The zero-order valence-electron chi connectivity index (χ0n) is 9.67. The predicted octanol–water partition coefficient (Wildman–Crippen LogP) is 4.95. The number of nitrogens with zero attached hydrogens (tertiary/aromatic N) is 1. The molecule has 18 heavy (non-hydrogen) atoms. The quantitative estimate of drug-likeness (QED) is 0.674. The van der Waals surface area contributed by atoms with Gasteiger partial charge in [-0.25, -0.2) is 4.98 Å². The molecule has 0 bridgehead atoms. The van der Waals surface area contributed by atoms with Gasteiger partial charge in [0.2, 0.25) is 0 Å². The fourth-order valence-corrected chi connectivity index (χ4v) is 2.45. The Hall–Kier alpha value is -1.32. The van der Waals surface area contributed by atoms with Crippen LogP contribution in [0.3, 0.4) is 0 Å². The molecule has 0 aliphatic carbocycles. The number of benzene rings is 2. The average Bonchev–Trinajstić information content (AvgIpc) is 2.78. The highest BCUT2D eigenvalue weighted by Gasteiger charge is 2.08. The van der Waals surface area contributed by atoms with Crippen LogP contribution in [0.25, 0.3) is 22.4 Å². The lowest BCUT2D eigenvalue weighted by Gasteiger charge is -1.99. The van der Waals surface area contributed by atoms with E-state index >= 15 is 0 Å². The van der Waals surface area contributed by atoms with Crippen LogP contribution in [0.4, 0.5) is 0 Å². The van der Waals surface area contributed by atoms with Crippen molar-refractivity contribution in [1.29, 1.82) is 0 Å². The largest absolute Gasteiger partial charge is 0.338 e. The highest BCUT2D eigenvalue weighted by atomic mass is 79.9. The van der Waals surface area contributed by atoms with Crippen LogP contribution in [0.1, 0.15) is 5.56 Å². The number of H-pyrrole nitrogens is 1. The van der Waals surface area contributed by atoms with E-state index in [1.807, 2.05) is 30.3 Å². The number of rotatable bonds is 1. The van der Waals surface area contributed by atoms with Gasteiger partial charge in [-0.2, -0.15) is 0 Å². The summed E-state index contributed by atoms with van der Waals surface area (Å²) < 4.78 is 0.874. The lowest BCUT2D eigenvalue weighted by atomic mass is 10.2. The topological polar surface area (TPSA) is 28.7 Å². The van der Waals surface area contributed by atoms with Crippen LogP contribution < -0.4 is 0 Å². The summed E-state index contributed by atoms with van der Waals surface area (Å²) in [5, 5.41) is 0.700. The van der Waals surface area contributed by atoms with E-state index in [1.54, 1.807) is 0 Å². The highest BCUT2D eigenvalue weighted by molar-refractivity contribution is 9.10. The third kappa shape index (κ3) is 1.93. The summed E-state index contributed by atoms with van der Waals surface area (Å²) in [7, 11) is 0. The second-order valence-electron chi connectivity index (χ2n) is 4.19. The fraction of sp³-hybridized carbons (Fsp3) is 0.0714. The molecule has 0 atom stereocenters. The molecule has 0 aliphatic rings. The third-order valence-electron chi connectivity index (χ3n) is 2.91. The molecule has 0 unspecified atom stereocenters. The first-order valence-corrected chi connectivity index (χ1v) is 6.73. The van der Waals surface area contributed by atoms with Gasteiger partial charge >= 0.3 is 0 Å². The van der Waals surface area contributed by atoms with Crippen LogP contribution in [0.15, 0.2) is 40.9 Å². The predicted molar refractivity (Wildman–Crippen MR) is 79.0 cm³/mol. The number of aromatic amines is 1. The van der Waals surface area contributed by atoms with Crippen molar-refractivity contribution in [3.05, 3.63) is 51.5 Å². The molecule has 0 fully saturated rings. The molecule has 1 heterocycles. The average molecular weight is 322 g/mol. The molecular weight excluding hydrogens is 312 g/mol. The van der Waals surface area contributed by atoms with Gasteiger partial charge in [-0.1, -0.05) is 23.7 Å². The molecule has 0 aliphatic heterocycles. The van der Waals surface area contributed by atoms with Crippen LogP contribution in [-0.2, 0) is 0 Å². The molecule has 1 N–H and O–H groups in total. The summed E-state index contributed by atoms with van der Waals surface area (Å²) in [5.41, 5.74) is 4.25. The molecule has 4 heteroatoms. The lowest BCUT2D eigenvalue weighted by Crippen LogP contribution is -1.81. The van der Waals surface area contributed by atoms with Crippen LogP contribution in [0.5, 0.6) is 0 Å². The minimum Gasteiger partial charge on any atom is -0.338 e. The first-order valence-electron chi connectivity index (χ1n) is 5.56. The van der Waals surface area contributed by atoms with E-state index < -0.39 is 0 Å². The van der Waals surface area contributed by atoms with Gasteiger partial charge in [0.15, 0.2) is 0 Å². The maximum absolute atomic E-state index is 5.99. The second-order valence-corrected chi connectivity index (χ2v) is 5.45. The number of aromatic nitrogens is 2. The Labute approximate surface area is 118 Å². The number of hydrogen-bond donors (Lipinski definition) is 1. The first kappa shape index (κ1) is 11.8. The maximum Gasteiger partial charge on any atom is 0.138 e. The summed E-state index contributed by atoms with van der Waals surface area (Å²) in [4.78, 5) is 7.96. The summed E-state index contributed by atoms with van der Waals surface area (Å²) >= 11 is 9.42.